The Morgan fingerprint density at radius 1 is 1.36 bits per heavy atom. The van der Waals surface area contributed by atoms with Crippen LogP contribution >= 0.6 is 11.6 Å². The van der Waals surface area contributed by atoms with E-state index >= 15 is 0 Å². The Kier molecular flexibility index (Phi) is 5.68. The van der Waals surface area contributed by atoms with E-state index in [0.29, 0.717) is 10.6 Å². The van der Waals surface area contributed by atoms with Gasteiger partial charge in [-0.05, 0) is 44.9 Å². The summed E-state index contributed by atoms with van der Waals surface area (Å²) in [5.41, 5.74) is 1.52. The normalized spacial score (nSPS) is 15.5. The van der Waals surface area contributed by atoms with Gasteiger partial charge in [-0.2, -0.15) is 5.26 Å². The first-order chi connectivity index (χ1) is 10.6. The van der Waals surface area contributed by atoms with Crippen LogP contribution in [0, 0.1) is 17.2 Å². The average molecular weight is 320 g/mol. The first-order valence-electron chi connectivity index (χ1n) is 7.84. The molecule has 118 valence electrons. The van der Waals surface area contributed by atoms with Crippen LogP contribution in [-0.4, -0.2) is 37.0 Å². The van der Waals surface area contributed by atoms with Gasteiger partial charge in [0.15, 0.2) is 0 Å². The lowest BCUT2D eigenvalue weighted by molar-refractivity contribution is -0.135. The summed E-state index contributed by atoms with van der Waals surface area (Å²) in [7, 11) is 0. The number of amides is 1. The van der Waals surface area contributed by atoms with Crippen LogP contribution in [0.25, 0.3) is 0 Å². The van der Waals surface area contributed by atoms with Gasteiger partial charge < -0.3 is 9.80 Å². The third-order valence-electron chi connectivity index (χ3n) is 4.34. The van der Waals surface area contributed by atoms with Crippen LogP contribution in [0.5, 0.6) is 0 Å². The third-order valence-corrected chi connectivity index (χ3v) is 4.57. The number of carbonyl (C=O) groups excluding carboxylic acids is 1. The molecule has 4 nitrogen and oxygen atoms in total. The Bertz CT molecular complexity index is 570. The number of nitriles is 1. The van der Waals surface area contributed by atoms with Crippen molar-refractivity contribution in [3.8, 4) is 6.07 Å². The summed E-state index contributed by atoms with van der Waals surface area (Å²) < 4.78 is 0. The molecule has 1 fully saturated rings. The zero-order valence-electron chi connectivity index (χ0n) is 13.2. The lowest BCUT2D eigenvalue weighted by Gasteiger charge is -2.35. The summed E-state index contributed by atoms with van der Waals surface area (Å²) in [6.07, 6.45) is 1.67. The fraction of sp³-hybridized carbons (Fsp3) is 0.529. The molecule has 1 saturated heterocycles. The second-order valence-corrected chi connectivity index (χ2v) is 5.98. The smallest absolute Gasteiger partial charge is 0.225 e. The van der Waals surface area contributed by atoms with Crippen molar-refractivity contribution in [1.82, 2.24) is 4.90 Å². The molecule has 1 aromatic carbocycles. The summed E-state index contributed by atoms with van der Waals surface area (Å²) in [6.45, 7) is 7.17. The van der Waals surface area contributed by atoms with E-state index < -0.39 is 0 Å². The first-order valence-corrected chi connectivity index (χ1v) is 8.21. The van der Waals surface area contributed by atoms with Gasteiger partial charge in [0.2, 0.25) is 5.91 Å². The van der Waals surface area contributed by atoms with Crippen molar-refractivity contribution in [2.75, 3.05) is 31.1 Å². The molecule has 0 spiro atoms. The molecule has 0 radical (unpaired) electrons. The molecule has 0 aromatic heterocycles. The van der Waals surface area contributed by atoms with Crippen LogP contribution in [-0.2, 0) is 4.79 Å². The van der Waals surface area contributed by atoms with Gasteiger partial charge in [-0.25, -0.2) is 0 Å². The number of hydrogen-bond donors (Lipinski definition) is 0. The molecular formula is C17H22ClN3O. The first kappa shape index (κ1) is 16.6. The van der Waals surface area contributed by atoms with E-state index in [-0.39, 0.29) is 11.8 Å². The lowest BCUT2D eigenvalue weighted by atomic mass is 9.94. The van der Waals surface area contributed by atoms with Gasteiger partial charge in [0, 0.05) is 37.1 Å². The van der Waals surface area contributed by atoms with E-state index in [1.54, 1.807) is 6.07 Å². The van der Waals surface area contributed by atoms with Crippen LogP contribution in [0.3, 0.4) is 0 Å². The molecule has 0 N–H and O–H groups in total. The van der Waals surface area contributed by atoms with E-state index in [2.05, 4.69) is 11.0 Å². The second-order valence-electron chi connectivity index (χ2n) is 5.55. The molecule has 0 bridgehead atoms. The number of rotatable bonds is 4. The molecule has 1 amide bonds. The molecule has 0 atom stereocenters. The number of benzene rings is 1. The molecule has 2 rings (SSSR count). The summed E-state index contributed by atoms with van der Waals surface area (Å²) in [5.74, 6) is 0.371. The maximum atomic E-state index is 12.4. The van der Waals surface area contributed by atoms with Crippen LogP contribution in [0.1, 0.15) is 32.3 Å². The van der Waals surface area contributed by atoms with Gasteiger partial charge in [-0.1, -0.05) is 11.6 Å². The predicted molar refractivity (Wildman–Crippen MR) is 89.0 cm³/mol. The topological polar surface area (TPSA) is 47.3 Å². The lowest BCUT2D eigenvalue weighted by Crippen LogP contribution is -2.42. The minimum Gasteiger partial charge on any atom is -0.370 e. The van der Waals surface area contributed by atoms with Gasteiger partial charge in [-0.15, -0.1) is 0 Å². The molecule has 1 aliphatic heterocycles. The second kappa shape index (κ2) is 7.51. The molecule has 0 saturated carbocycles. The number of carbonyl (C=O) groups is 1. The maximum Gasteiger partial charge on any atom is 0.225 e. The van der Waals surface area contributed by atoms with Crippen molar-refractivity contribution < 1.29 is 4.79 Å². The number of halogens is 1. The highest BCUT2D eigenvalue weighted by molar-refractivity contribution is 6.30. The number of hydrogen-bond acceptors (Lipinski definition) is 3. The van der Waals surface area contributed by atoms with Crippen molar-refractivity contribution in [2.24, 2.45) is 5.92 Å². The molecule has 0 aliphatic carbocycles. The zero-order chi connectivity index (χ0) is 16.1. The number of anilines is 1. The highest BCUT2D eigenvalue weighted by Crippen LogP contribution is 2.28. The maximum absolute atomic E-state index is 12.4. The largest absolute Gasteiger partial charge is 0.370 e. The van der Waals surface area contributed by atoms with Gasteiger partial charge in [-0.3, -0.25) is 4.79 Å². The molecule has 0 unspecified atom stereocenters. The Hall–Kier alpha value is -1.73. The summed E-state index contributed by atoms with van der Waals surface area (Å²) in [4.78, 5) is 16.5. The molecule has 22 heavy (non-hydrogen) atoms. The highest BCUT2D eigenvalue weighted by atomic mass is 35.5. The average Bonchev–Trinajstić information content (AvgIpc) is 2.56. The van der Waals surface area contributed by atoms with Gasteiger partial charge >= 0.3 is 0 Å². The van der Waals surface area contributed by atoms with E-state index in [0.717, 1.165) is 44.7 Å². The van der Waals surface area contributed by atoms with Crippen molar-refractivity contribution in [3.63, 3.8) is 0 Å². The van der Waals surface area contributed by atoms with Gasteiger partial charge in [0.05, 0.1) is 11.3 Å². The van der Waals surface area contributed by atoms with Crippen LogP contribution < -0.4 is 4.90 Å². The summed E-state index contributed by atoms with van der Waals surface area (Å²) in [5, 5.41) is 9.83. The third kappa shape index (κ3) is 3.53. The van der Waals surface area contributed by atoms with Crippen molar-refractivity contribution >= 4 is 23.2 Å². The SMILES string of the molecule is CCN(CC)C(=O)C1CCN(c2ccc(Cl)cc2C#N)CC1. The highest BCUT2D eigenvalue weighted by Gasteiger charge is 2.28. The number of nitrogens with zero attached hydrogens (tertiary/aromatic N) is 3. The van der Waals surface area contributed by atoms with E-state index in [9.17, 15) is 10.1 Å². The Balaban J connectivity index is 2.04. The van der Waals surface area contributed by atoms with E-state index in [4.69, 9.17) is 11.6 Å². The standard InChI is InChI=1S/C17H22ClN3O/c1-3-20(4-2)17(22)13-7-9-21(10-8-13)16-6-5-15(18)11-14(16)12-19/h5-6,11,13H,3-4,7-10H2,1-2H3. The summed E-state index contributed by atoms with van der Waals surface area (Å²) in [6, 6.07) is 7.61. The zero-order valence-corrected chi connectivity index (χ0v) is 13.9. The molecule has 1 aliphatic rings. The Morgan fingerprint density at radius 3 is 2.55 bits per heavy atom. The van der Waals surface area contributed by atoms with Crippen molar-refractivity contribution in [2.45, 2.75) is 26.7 Å². The van der Waals surface area contributed by atoms with Gasteiger partial charge in [0.25, 0.3) is 0 Å². The monoisotopic (exact) mass is 319 g/mol. The fourth-order valence-corrected chi connectivity index (χ4v) is 3.21. The Labute approximate surface area is 137 Å². The van der Waals surface area contributed by atoms with Crippen molar-refractivity contribution in [1.29, 1.82) is 5.26 Å². The van der Waals surface area contributed by atoms with Crippen LogP contribution in [0.4, 0.5) is 5.69 Å². The van der Waals surface area contributed by atoms with E-state index in [1.165, 1.54) is 0 Å². The number of piperidine rings is 1. The molecule has 5 heteroatoms. The minimum absolute atomic E-state index is 0.106. The molecule has 1 aromatic rings. The minimum atomic E-state index is 0.106. The van der Waals surface area contributed by atoms with Crippen LogP contribution in [0.15, 0.2) is 18.2 Å². The fourth-order valence-electron chi connectivity index (χ4n) is 3.03. The van der Waals surface area contributed by atoms with E-state index in [1.807, 2.05) is 30.9 Å². The van der Waals surface area contributed by atoms with Crippen LogP contribution in [0.2, 0.25) is 5.02 Å². The Morgan fingerprint density at radius 2 is 2.00 bits per heavy atom. The summed E-state index contributed by atoms with van der Waals surface area (Å²) >= 11 is 5.95. The molecule has 1 heterocycles. The van der Waals surface area contributed by atoms with Gasteiger partial charge in [0.1, 0.15) is 6.07 Å². The quantitative estimate of drug-likeness (QED) is 0.855. The van der Waals surface area contributed by atoms with Crippen molar-refractivity contribution in [3.05, 3.63) is 28.8 Å². The predicted octanol–water partition coefficient (Wildman–Crippen LogP) is 3.30. The molecular weight excluding hydrogens is 298 g/mol.